The zero-order valence-corrected chi connectivity index (χ0v) is 48.6. The monoisotopic (exact) mass is 1200 g/mol. The van der Waals surface area contributed by atoms with Crippen LogP contribution in [0.2, 0.25) is 0 Å². The number of nitrogens with one attached hydrogen (secondary N) is 6. The third kappa shape index (κ3) is 12.9. The molecule has 0 saturated heterocycles. The van der Waals surface area contributed by atoms with Crippen molar-refractivity contribution >= 4 is 110 Å². The first-order chi connectivity index (χ1) is 38.5. The molecule has 9 rings (SSSR count). The SMILES string of the molecule is CNC(=O)C[C@@H]1NC(=O)c2csc(n2)-c2ccc(-c3nc(NC(=O)OCCN)cs3)nc2-c2csc(n2)-c2csc(n2)[C@H]([C@@H](O)c2ccccc2)NC(=O)CNC(=O)C2=C(COC)SC([C@H](C(C)C)NC(=O)c3nc1sc3C)N2C. The number of amides is 6. The number of carbonyl (C=O) groups is 6. The van der Waals surface area contributed by atoms with E-state index < -0.39 is 65.9 Å². The Balaban J connectivity index is 1.12. The maximum Gasteiger partial charge on any atom is 0.412 e. The number of benzene rings is 1. The van der Waals surface area contributed by atoms with Crippen LogP contribution >= 0.6 is 68.4 Å². The number of aromatic nitrogens is 6. The summed E-state index contributed by atoms with van der Waals surface area (Å²) < 4.78 is 10.6. The molecule has 23 nitrogen and oxygen atoms in total. The number of hydrogen-bond donors (Lipinski definition) is 8. The summed E-state index contributed by atoms with van der Waals surface area (Å²) in [6, 6.07) is 9.73. The quantitative estimate of drug-likeness (QED) is 0.0726. The molecule has 1 aromatic carbocycles. The van der Waals surface area contributed by atoms with Crippen molar-refractivity contribution in [3.63, 3.8) is 0 Å². The van der Waals surface area contributed by atoms with E-state index in [1.165, 1.54) is 71.3 Å². The molecular weight excluding hydrogens is 1150 g/mol. The Labute approximate surface area is 482 Å². The number of thiazole rings is 5. The number of thioether (sulfide) groups is 1. The molecule has 9 N–H and O–H groups in total. The fourth-order valence-electron chi connectivity index (χ4n) is 8.53. The Hall–Kier alpha value is -7.09. The Morgan fingerprint density at radius 2 is 1.54 bits per heavy atom. The fraction of sp³-hybridized carbons (Fsp3) is 0.333. The van der Waals surface area contributed by atoms with E-state index in [9.17, 15) is 33.9 Å². The highest BCUT2D eigenvalue weighted by Crippen LogP contribution is 2.42. The van der Waals surface area contributed by atoms with Gasteiger partial charge in [-0.15, -0.1) is 56.7 Å². The average molecular weight is 1200 g/mol. The number of nitrogens with two attached hydrogens (primary N) is 1. The zero-order chi connectivity index (χ0) is 56.8. The fourth-order valence-corrected chi connectivity index (χ4v) is 14.4. The molecule has 418 valence electrons. The number of carbonyl (C=O) groups excluding carboxylic acids is 6. The van der Waals surface area contributed by atoms with Crippen LogP contribution in [0.4, 0.5) is 10.6 Å². The summed E-state index contributed by atoms with van der Waals surface area (Å²) in [6.45, 7) is 5.39. The Bertz CT molecular complexity index is 3470. The van der Waals surface area contributed by atoms with E-state index in [1.54, 1.807) is 76.8 Å². The van der Waals surface area contributed by atoms with Gasteiger partial charge in [0.2, 0.25) is 11.8 Å². The van der Waals surface area contributed by atoms with Crippen LogP contribution in [0.3, 0.4) is 0 Å². The summed E-state index contributed by atoms with van der Waals surface area (Å²) in [4.78, 5) is 114. The van der Waals surface area contributed by atoms with Crippen molar-refractivity contribution in [2.45, 2.75) is 56.8 Å². The largest absolute Gasteiger partial charge is 0.448 e. The molecule has 0 spiro atoms. The van der Waals surface area contributed by atoms with E-state index >= 15 is 0 Å². The summed E-state index contributed by atoms with van der Waals surface area (Å²) >= 11 is 7.40. The second-order valence-corrected chi connectivity index (χ2v) is 24.2. The Morgan fingerprint density at radius 1 is 0.812 bits per heavy atom. The molecule has 6 amide bonds. The molecule has 7 aromatic rings. The molecule has 1 unspecified atom stereocenters. The molecule has 0 aliphatic carbocycles. The number of rotatable bonds is 11. The summed E-state index contributed by atoms with van der Waals surface area (Å²) in [5.41, 5.74) is 8.55. The van der Waals surface area contributed by atoms with Crippen molar-refractivity contribution in [3.05, 3.63) is 106 Å². The number of fused-ring (bicyclic) bond motifs is 14. The smallest absolute Gasteiger partial charge is 0.412 e. The van der Waals surface area contributed by atoms with Crippen molar-refractivity contribution in [1.29, 1.82) is 0 Å². The zero-order valence-electron chi connectivity index (χ0n) is 43.7. The van der Waals surface area contributed by atoms with Crippen molar-refractivity contribution in [1.82, 2.24) is 61.4 Å². The lowest BCUT2D eigenvalue weighted by atomic mass is 10.0. The normalized spacial score (nSPS) is 18.5. The third-order valence-electron chi connectivity index (χ3n) is 12.5. The number of aliphatic hydroxyl groups excluding tert-OH is 1. The Kier molecular flexibility index (Phi) is 18.4. The molecule has 29 heteroatoms. The van der Waals surface area contributed by atoms with E-state index in [4.69, 9.17) is 40.1 Å². The highest BCUT2D eigenvalue weighted by atomic mass is 32.2. The second-order valence-electron chi connectivity index (χ2n) is 18.3. The number of hydrogen-bond acceptors (Lipinski definition) is 23. The molecule has 0 radical (unpaired) electrons. The Morgan fingerprint density at radius 3 is 2.29 bits per heavy atom. The number of aliphatic hydroxyl groups is 1. The number of aryl methyl sites for hydroxylation is 1. The maximum atomic E-state index is 14.4. The van der Waals surface area contributed by atoms with Gasteiger partial charge in [0.25, 0.3) is 17.7 Å². The van der Waals surface area contributed by atoms with E-state index in [1.807, 2.05) is 19.9 Å². The molecule has 5 atom stereocenters. The van der Waals surface area contributed by atoms with Crippen molar-refractivity contribution in [2.24, 2.45) is 11.7 Å². The molecule has 2 aliphatic heterocycles. The van der Waals surface area contributed by atoms with Gasteiger partial charge in [-0.3, -0.25) is 29.3 Å². The minimum atomic E-state index is -1.26. The van der Waals surface area contributed by atoms with Crippen LogP contribution in [-0.4, -0.2) is 134 Å². The summed E-state index contributed by atoms with van der Waals surface area (Å²) in [5.74, 6) is -2.59. The minimum Gasteiger partial charge on any atom is -0.448 e. The predicted octanol–water partition coefficient (Wildman–Crippen LogP) is 6.09. The molecule has 6 aromatic heterocycles. The molecule has 10 bridgehead atoms. The topological polar surface area (TPSA) is 320 Å². The first-order valence-electron chi connectivity index (χ1n) is 24.7. The van der Waals surface area contributed by atoms with Crippen LogP contribution in [0.15, 0.2) is 74.6 Å². The van der Waals surface area contributed by atoms with Crippen molar-refractivity contribution < 1.29 is 43.3 Å². The number of nitrogens with zero attached hydrogens (tertiary/aromatic N) is 7. The van der Waals surface area contributed by atoms with E-state index in [0.717, 1.165) is 11.3 Å². The van der Waals surface area contributed by atoms with Gasteiger partial charge in [-0.1, -0.05) is 55.9 Å². The first kappa shape index (κ1) is 57.6. The van der Waals surface area contributed by atoms with Crippen molar-refractivity contribution in [2.75, 3.05) is 52.8 Å². The van der Waals surface area contributed by atoms with Gasteiger partial charge in [0.15, 0.2) is 0 Å². The van der Waals surface area contributed by atoms with Crippen LogP contribution in [0.25, 0.3) is 43.4 Å². The molecular formula is C51H54N14O9S6. The summed E-state index contributed by atoms with van der Waals surface area (Å²) in [7, 11) is 4.72. The first-order valence-corrected chi connectivity index (χ1v) is 30.0. The number of anilines is 1. The second kappa shape index (κ2) is 25.6. The number of pyridine rings is 1. The highest BCUT2D eigenvalue weighted by molar-refractivity contribution is 8.04. The highest BCUT2D eigenvalue weighted by Gasteiger charge is 2.41. The molecule has 0 fully saturated rings. The number of methoxy groups -OCH3 is 1. The van der Waals surface area contributed by atoms with Gasteiger partial charge in [-0.2, -0.15) is 0 Å². The predicted molar refractivity (Wildman–Crippen MR) is 308 cm³/mol. The van der Waals surface area contributed by atoms with E-state index in [-0.39, 0.29) is 60.9 Å². The van der Waals surface area contributed by atoms with Crippen LogP contribution in [0.1, 0.15) is 79.9 Å². The van der Waals surface area contributed by atoms with Crippen LogP contribution in [0.5, 0.6) is 0 Å². The van der Waals surface area contributed by atoms with Gasteiger partial charge in [0, 0.05) is 64.6 Å². The van der Waals surface area contributed by atoms with Crippen molar-refractivity contribution in [3.8, 4) is 43.4 Å². The summed E-state index contributed by atoms with van der Waals surface area (Å²) in [5, 5.41) is 37.1. The number of ether oxygens (including phenoxy) is 2. The standard InChI is InChI=1S/C51H54N14O9S6/c1-23(2)36-50-65(5)40(32(80-50)18-73-6)44(71)54-17-35(67)62-39(41(68)25-10-8-7-9-11-25)49-59-31(21-77-49)47-57-29(19-76-47)38-26(12-13-27(55-38)46-60-33(22-78-46)61-51(72)74-15-14-52)45-58-30(20-75-45)42(69)56-28(16-34(66)53-4)48-64-37(24(3)79-48)43(70)63-36/h7-13,19-23,28,36,39,41,50,68H,14-18,52H2,1-6H3,(H,53,66)(H,54,71)(H,56,69)(H,61,72)(H,62,67)(H,63,70)/t28-,36-,39-,41-,50?/m0/s1. The van der Waals surface area contributed by atoms with Crippen LogP contribution in [0, 0.1) is 12.8 Å². The van der Waals surface area contributed by atoms with Gasteiger partial charge in [-0.05, 0) is 30.5 Å². The lowest BCUT2D eigenvalue weighted by molar-refractivity contribution is -0.126. The van der Waals surface area contributed by atoms with Crippen LogP contribution < -0.4 is 37.6 Å². The van der Waals surface area contributed by atoms with Gasteiger partial charge >= 0.3 is 6.09 Å². The third-order valence-corrected chi connectivity index (χ3v) is 18.5. The average Bonchev–Trinajstić information content (AvgIpc) is 4.44. The number of likely N-dealkylation sites (N-methyl/N-ethyl adjacent to an activating group) is 1. The summed E-state index contributed by atoms with van der Waals surface area (Å²) in [6.07, 6.45) is -2.18. The maximum absolute atomic E-state index is 14.4. The molecule has 2 aliphatic rings. The van der Waals surface area contributed by atoms with Gasteiger partial charge in [0.1, 0.15) is 83.8 Å². The van der Waals surface area contributed by atoms with Gasteiger partial charge < -0.3 is 51.8 Å². The van der Waals surface area contributed by atoms with E-state index in [2.05, 4.69) is 36.9 Å². The molecule has 80 heavy (non-hydrogen) atoms. The van der Waals surface area contributed by atoms with Crippen LogP contribution in [-0.2, 0) is 23.9 Å². The van der Waals surface area contributed by atoms with E-state index in [0.29, 0.717) is 68.7 Å². The van der Waals surface area contributed by atoms with Gasteiger partial charge in [0.05, 0.1) is 42.7 Å². The lowest BCUT2D eigenvalue weighted by Crippen LogP contribution is -2.51. The van der Waals surface area contributed by atoms with Gasteiger partial charge in [-0.25, -0.2) is 34.7 Å². The minimum absolute atomic E-state index is 0.0245. The molecule has 0 saturated carbocycles. The molecule has 8 heterocycles. The lowest BCUT2D eigenvalue weighted by Gasteiger charge is -2.34.